The molecular formula is C76H96N2O8S4. The van der Waals surface area contributed by atoms with E-state index in [1.807, 2.05) is 171 Å². The number of carbonyl (C=O) groups is 2. The van der Waals surface area contributed by atoms with Gasteiger partial charge in [-0.3, -0.25) is 0 Å². The van der Waals surface area contributed by atoms with Gasteiger partial charge in [0.1, 0.15) is 16.4 Å². The second-order valence-corrected chi connectivity index (χ2v) is 27.1. The van der Waals surface area contributed by atoms with Crippen LogP contribution >= 0.6 is 47.0 Å². The highest BCUT2D eigenvalue weighted by Gasteiger charge is 2.41. The number of amides is 2. The molecule has 8 rings (SSSR count). The lowest BCUT2D eigenvalue weighted by atomic mass is 9.80. The first kappa shape index (κ1) is 77.2. The van der Waals surface area contributed by atoms with Crippen LogP contribution in [-0.4, -0.2) is 113 Å². The molecule has 2 amide bonds. The van der Waals surface area contributed by atoms with E-state index in [2.05, 4.69) is 179 Å². The molecule has 0 aromatic heterocycles. The summed E-state index contributed by atoms with van der Waals surface area (Å²) in [5.74, 6) is 1.45. The monoisotopic (exact) mass is 1290 g/mol. The number of rotatable bonds is 20. The fourth-order valence-electron chi connectivity index (χ4n) is 8.36. The number of hydrogen-bond donors (Lipinski definition) is 0. The summed E-state index contributed by atoms with van der Waals surface area (Å²) in [5.41, 5.74) is 7.73. The highest BCUT2D eigenvalue weighted by molar-refractivity contribution is 8.00. The number of methoxy groups -OCH3 is 4. The summed E-state index contributed by atoms with van der Waals surface area (Å²) in [4.78, 5) is 27.0. The Morgan fingerprint density at radius 1 is 0.444 bits per heavy atom. The fourth-order valence-corrected chi connectivity index (χ4v) is 10.2. The molecule has 0 bridgehead atoms. The Balaban J connectivity index is 0.000000305. The van der Waals surface area contributed by atoms with Gasteiger partial charge in [0.25, 0.3) is 0 Å². The smallest absolute Gasteiger partial charge is 0.411 e. The van der Waals surface area contributed by atoms with Crippen molar-refractivity contribution in [2.24, 2.45) is 0 Å². The first-order valence-corrected chi connectivity index (χ1v) is 34.2. The van der Waals surface area contributed by atoms with Crippen LogP contribution in [0.3, 0.4) is 0 Å². The van der Waals surface area contributed by atoms with Gasteiger partial charge in [-0.15, -0.1) is 30.1 Å². The van der Waals surface area contributed by atoms with E-state index < -0.39 is 11.7 Å². The molecule has 0 spiro atoms. The van der Waals surface area contributed by atoms with Gasteiger partial charge in [0.2, 0.25) is 0 Å². The largest absolute Gasteiger partial charge is 0.497 e. The number of carbonyl (C=O) groups excluding carboxylic acids is 2. The van der Waals surface area contributed by atoms with E-state index in [1.165, 1.54) is 39.2 Å². The predicted molar refractivity (Wildman–Crippen MR) is 387 cm³/mol. The van der Waals surface area contributed by atoms with Gasteiger partial charge >= 0.3 is 12.2 Å². The van der Waals surface area contributed by atoms with Gasteiger partial charge in [0, 0.05) is 68.1 Å². The zero-order valence-electron chi connectivity index (χ0n) is 55.9. The van der Waals surface area contributed by atoms with Gasteiger partial charge < -0.3 is 38.2 Å². The lowest BCUT2D eigenvalue weighted by Crippen LogP contribution is -2.38. The molecule has 8 aromatic rings. The lowest BCUT2D eigenvalue weighted by Gasteiger charge is -2.36. The second kappa shape index (κ2) is 40.0. The summed E-state index contributed by atoms with van der Waals surface area (Å²) in [7, 11) is 11.5. The molecule has 0 heterocycles. The highest BCUT2D eigenvalue weighted by atomic mass is 32.2. The number of hydrogen-bond acceptors (Lipinski definition) is 12. The van der Waals surface area contributed by atoms with Crippen LogP contribution in [0, 0.1) is 0 Å². The van der Waals surface area contributed by atoms with Crippen molar-refractivity contribution in [1.82, 2.24) is 9.80 Å². The molecule has 0 N–H and O–H groups in total. The minimum atomic E-state index is -1.14. The maximum absolute atomic E-state index is 12.8. The molecule has 8 aromatic carbocycles. The topological polar surface area (TPSA) is 96.0 Å². The maximum Gasteiger partial charge on any atom is 0.411 e. The van der Waals surface area contributed by atoms with Gasteiger partial charge in [-0.2, -0.15) is 23.5 Å². The quantitative estimate of drug-likeness (QED) is 0.0413. The first-order chi connectivity index (χ1) is 43.0. The van der Waals surface area contributed by atoms with Gasteiger partial charge in [0.15, 0.2) is 12.4 Å². The normalized spacial score (nSPS) is 11.0. The molecule has 0 saturated heterocycles. The summed E-state index contributed by atoms with van der Waals surface area (Å²) in [5, 5.41) is 0. The molecule has 0 atom stereocenters. The number of benzene rings is 8. The van der Waals surface area contributed by atoms with Crippen LogP contribution in [0.5, 0.6) is 11.5 Å². The summed E-state index contributed by atoms with van der Waals surface area (Å²) < 4.78 is 31.7. The Hall–Kier alpha value is -7.04. The molecule has 10 nitrogen and oxygen atoms in total. The van der Waals surface area contributed by atoms with E-state index in [0.29, 0.717) is 6.54 Å². The molecule has 0 radical (unpaired) electrons. The van der Waals surface area contributed by atoms with Crippen LogP contribution < -0.4 is 9.47 Å². The van der Waals surface area contributed by atoms with Crippen molar-refractivity contribution in [3.8, 4) is 11.5 Å². The van der Waals surface area contributed by atoms with E-state index in [1.54, 1.807) is 54.2 Å². The minimum Gasteiger partial charge on any atom is -0.497 e. The van der Waals surface area contributed by atoms with Crippen molar-refractivity contribution in [2.75, 3.05) is 81.4 Å². The molecule has 0 unspecified atom stereocenters. The minimum absolute atomic E-state index is 0. The van der Waals surface area contributed by atoms with Gasteiger partial charge in [0.05, 0.1) is 19.0 Å². The third-order valence-corrected chi connectivity index (χ3v) is 19.4. The molecule has 0 saturated carbocycles. The molecule has 90 heavy (non-hydrogen) atoms. The van der Waals surface area contributed by atoms with Gasteiger partial charge in [-0.05, 0) is 119 Å². The van der Waals surface area contributed by atoms with Gasteiger partial charge in [-0.1, -0.05) is 212 Å². The Morgan fingerprint density at radius 3 is 1.08 bits per heavy atom. The van der Waals surface area contributed by atoms with Crippen LogP contribution in [0.25, 0.3) is 0 Å². The molecule has 14 heteroatoms. The average Bonchev–Trinajstić information content (AvgIpc) is 1.19. The van der Waals surface area contributed by atoms with E-state index >= 15 is 0 Å². The first-order valence-electron chi connectivity index (χ1n) is 29.3. The van der Waals surface area contributed by atoms with Crippen LogP contribution in [0.15, 0.2) is 243 Å². The summed E-state index contributed by atoms with van der Waals surface area (Å²) in [6, 6.07) is 77.4. The van der Waals surface area contributed by atoms with E-state index in [9.17, 15) is 9.59 Å². The van der Waals surface area contributed by atoms with E-state index in [4.69, 9.17) is 23.7 Å². The lowest BCUT2D eigenvalue weighted by molar-refractivity contribution is -0.00243. The van der Waals surface area contributed by atoms with Crippen molar-refractivity contribution >= 4 is 59.2 Å². The molecule has 0 aliphatic carbocycles. The van der Waals surface area contributed by atoms with Crippen LogP contribution in [0.4, 0.5) is 9.59 Å². The molecule has 0 aliphatic heterocycles. The van der Waals surface area contributed by atoms with E-state index in [0.717, 1.165) is 33.8 Å². The van der Waals surface area contributed by atoms with Crippen molar-refractivity contribution in [1.29, 1.82) is 0 Å². The van der Waals surface area contributed by atoms with Crippen LogP contribution in [0.1, 0.15) is 86.1 Å². The van der Waals surface area contributed by atoms with Crippen LogP contribution in [-0.2, 0) is 40.6 Å². The zero-order chi connectivity index (χ0) is 66.6. The molecule has 482 valence electrons. The Labute approximate surface area is 556 Å². The molecule has 0 aliphatic rings. The molecule has 0 fully saturated rings. The number of nitrogens with zero attached hydrogens (tertiary/aromatic N) is 2. The number of thioether (sulfide) groups is 4. The van der Waals surface area contributed by atoms with Crippen molar-refractivity contribution in [2.45, 2.75) is 72.9 Å². The Morgan fingerprint density at radius 2 is 0.800 bits per heavy atom. The Kier molecular flexibility index (Phi) is 34.3. The summed E-state index contributed by atoms with van der Waals surface area (Å²) in [6.07, 6.45) is 9.57. The van der Waals surface area contributed by atoms with Gasteiger partial charge in [-0.25, -0.2) is 9.59 Å². The van der Waals surface area contributed by atoms with Crippen molar-refractivity contribution in [3.05, 3.63) is 288 Å². The SMILES string of the molecule is C=CC(C)(C)SC.COC(C)(C)SC.COCOC(=O)N(C)Cc1ccccc1.COc1ccc(C(OC(=O)N(C)C)(c2ccccc2)c2ccc(OC)cc2)cc1.CSC(C)(C)c1ccccc1.CSC(c1ccccc1)(c1ccccc1)c1ccccc1. The van der Waals surface area contributed by atoms with Crippen molar-refractivity contribution in [3.63, 3.8) is 0 Å². The predicted octanol–water partition coefficient (Wildman–Crippen LogP) is 19.2. The zero-order valence-corrected chi connectivity index (χ0v) is 59.2. The second-order valence-electron chi connectivity index (χ2n) is 21.8. The highest BCUT2D eigenvalue weighted by Crippen LogP contribution is 2.47. The third-order valence-electron chi connectivity index (χ3n) is 14.5. The summed E-state index contributed by atoms with van der Waals surface area (Å²) in [6.45, 7) is 17.0. The summed E-state index contributed by atoms with van der Waals surface area (Å²) >= 11 is 7.27. The fraction of sp³-hybridized carbons (Fsp3) is 0.316. The van der Waals surface area contributed by atoms with E-state index in [-0.39, 0.29) is 32.1 Å². The molecular weight excluding hydrogens is 1200 g/mol. The maximum atomic E-state index is 12.8. The average molecular weight is 1290 g/mol. The third kappa shape index (κ3) is 24.3. The standard InChI is InChI=1S/C24H25NO4.C20H18S.C11H15NO3.C10H14S.C6H12S.C5H12OS/c1-25(2)23(26)29-24(18-8-6-5-7-9-18,19-10-14-21(27-3)15-11-19)20-12-16-22(28-4)17-13-20;1-21-20(17-11-5-2-6-12-17,18-13-7-3-8-14-18)19-15-9-4-10-16-19;1-12(11(13)15-9-14-2)8-10-6-4-3-5-7-10;1-10(2,11-3)9-7-5-4-6-8-9;1-5-6(2,3)7-4;1-5(2,6-3)7-4/h5-17H,1-4H3;2-16H,1H3;3-7H,8-9H2,1-2H3;4-8H,1-3H3;5H,1H2,2-4H3;1-4H3. The number of ether oxygens (including phenoxy) is 6. The Bertz CT molecular complexity index is 3060. The van der Waals surface area contributed by atoms with Crippen LogP contribution in [0.2, 0.25) is 0 Å². The van der Waals surface area contributed by atoms with Crippen molar-refractivity contribution < 1.29 is 38.0 Å².